The molecule has 0 aromatic heterocycles. The van der Waals surface area contributed by atoms with Crippen LogP contribution in [0.4, 0.5) is 4.39 Å². The van der Waals surface area contributed by atoms with Gasteiger partial charge >= 0.3 is 0 Å². The van der Waals surface area contributed by atoms with E-state index in [2.05, 4.69) is 15.2 Å². The van der Waals surface area contributed by atoms with Gasteiger partial charge in [0.25, 0.3) is 0 Å². The van der Waals surface area contributed by atoms with E-state index in [9.17, 15) is 4.39 Å². The second-order valence-electron chi connectivity index (χ2n) is 3.93. The number of aliphatic imine (C=N–C) groups is 1. The molecule has 3 nitrogen and oxygen atoms in total. The van der Waals surface area contributed by atoms with Crippen molar-refractivity contribution < 1.29 is 4.39 Å². The predicted molar refractivity (Wildman–Crippen MR) is 78.5 cm³/mol. The van der Waals surface area contributed by atoms with E-state index in [1.54, 1.807) is 12.1 Å². The van der Waals surface area contributed by atoms with Crippen LogP contribution in [-0.2, 0) is 6.42 Å². The highest BCUT2D eigenvalue weighted by atomic mass is 127. The van der Waals surface area contributed by atoms with E-state index >= 15 is 0 Å². The van der Waals surface area contributed by atoms with Crippen LogP contribution in [0.5, 0.6) is 0 Å². The summed E-state index contributed by atoms with van der Waals surface area (Å²) in [5.41, 5.74) is 1.01. The van der Waals surface area contributed by atoms with Gasteiger partial charge in [0.2, 0.25) is 0 Å². The van der Waals surface area contributed by atoms with E-state index in [-0.39, 0.29) is 29.8 Å². The van der Waals surface area contributed by atoms with Crippen LogP contribution in [0.3, 0.4) is 0 Å². The zero-order valence-electron chi connectivity index (χ0n) is 9.82. The lowest BCUT2D eigenvalue weighted by Crippen LogP contribution is -2.36. The third-order valence-corrected chi connectivity index (χ3v) is 2.64. The Hall–Kier alpha value is -0.850. The molecule has 0 fully saturated rings. The summed E-state index contributed by atoms with van der Waals surface area (Å²) in [6.07, 6.45) is 0.810. The number of hydrogen-bond donors (Lipinski definition) is 1. The maximum absolute atomic E-state index is 12.9. The Morgan fingerprint density at radius 1 is 1.47 bits per heavy atom. The summed E-state index contributed by atoms with van der Waals surface area (Å²) in [5, 5.41) is 3.25. The first kappa shape index (κ1) is 14.2. The van der Waals surface area contributed by atoms with Gasteiger partial charge in [0.05, 0.1) is 6.54 Å². The summed E-state index contributed by atoms with van der Waals surface area (Å²) in [6, 6.07) is 6.71. The summed E-state index contributed by atoms with van der Waals surface area (Å²) in [6.45, 7) is 2.62. The molecular weight excluding hydrogens is 332 g/mol. The van der Waals surface area contributed by atoms with E-state index < -0.39 is 0 Å². The Labute approximate surface area is 118 Å². The van der Waals surface area contributed by atoms with Crippen molar-refractivity contribution in [3.63, 3.8) is 0 Å². The number of benzene rings is 1. The molecule has 1 aromatic rings. The Morgan fingerprint density at radius 3 is 2.94 bits per heavy atom. The van der Waals surface area contributed by atoms with Gasteiger partial charge in [-0.25, -0.2) is 4.39 Å². The van der Waals surface area contributed by atoms with Gasteiger partial charge in [-0.15, -0.1) is 24.0 Å². The van der Waals surface area contributed by atoms with Crippen LogP contribution in [0.2, 0.25) is 0 Å². The molecule has 1 aliphatic heterocycles. The molecule has 0 atom stereocenters. The lowest BCUT2D eigenvalue weighted by Gasteiger charge is -2.15. The smallest absolute Gasteiger partial charge is 0.193 e. The second kappa shape index (κ2) is 6.78. The first-order chi connectivity index (χ1) is 7.75. The molecule has 1 heterocycles. The number of hydrogen-bond acceptors (Lipinski definition) is 3. The third kappa shape index (κ3) is 4.14. The molecular formula is C12H17FIN3. The highest BCUT2D eigenvalue weighted by molar-refractivity contribution is 14.0. The van der Waals surface area contributed by atoms with E-state index in [1.807, 2.05) is 13.1 Å². The standard InChI is InChI=1S/C12H16FN3.HI/c1-16-8-7-15-12(16)14-6-5-10-3-2-4-11(13)9-10;/h2-4,9H,5-8H2,1H3,(H,14,15);1H. The summed E-state index contributed by atoms with van der Waals surface area (Å²) < 4.78 is 12.9. The highest BCUT2D eigenvalue weighted by Crippen LogP contribution is 2.03. The van der Waals surface area contributed by atoms with Gasteiger partial charge < -0.3 is 10.2 Å². The van der Waals surface area contributed by atoms with Gasteiger partial charge in [-0.2, -0.15) is 0 Å². The molecule has 94 valence electrons. The fourth-order valence-corrected chi connectivity index (χ4v) is 1.73. The average molecular weight is 349 g/mol. The molecule has 0 radical (unpaired) electrons. The fraction of sp³-hybridized carbons (Fsp3) is 0.417. The van der Waals surface area contributed by atoms with Gasteiger partial charge in [0.1, 0.15) is 5.82 Å². The topological polar surface area (TPSA) is 27.6 Å². The lowest BCUT2D eigenvalue weighted by atomic mass is 10.1. The minimum Gasteiger partial charge on any atom is -0.356 e. The molecule has 17 heavy (non-hydrogen) atoms. The van der Waals surface area contributed by atoms with Crippen LogP contribution in [0.15, 0.2) is 29.3 Å². The van der Waals surface area contributed by atoms with Crippen LogP contribution >= 0.6 is 24.0 Å². The first-order valence-corrected chi connectivity index (χ1v) is 5.49. The predicted octanol–water partition coefficient (Wildman–Crippen LogP) is 1.88. The number of rotatable bonds is 3. The van der Waals surface area contributed by atoms with E-state index in [1.165, 1.54) is 6.07 Å². The van der Waals surface area contributed by atoms with Crippen LogP contribution in [0, 0.1) is 5.82 Å². The van der Waals surface area contributed by atoms with Crippen molar-refractivity contribution in [2.24, 2.45) is 4.99 Å². The second-order valence-corrected chi connectivity index (χ2v) is 3.93. The van der Waals surface area contributed by atoms with E-state index in [0.717, 1.165) is 37.6 Å². The van der Waals surface area contributed by atoms with Crippen LogP contribution < -0.4 is 5.32 Å². The molecule has 2 rings (SSSR count). The zero-order valence-corrected chi connectivity index (χ0v) is 12.1. The number of nitrogens with one attached hydrogen (secondary N) is 1. The van der Waals surface area contributed by atoms with Gasteiger partial charge in [0.15, 0.2) is 5.96 Å². The van der Waals surface area contributed by atoms with E-state index in [4.69, 9.17) is 0 Å². The first-order valence-electron chi connectivity index (χ1n) is 5.49. The summed E-state index contributed by atoms with van der Waals surface area (Å²) in [5.74, 6) is 0.768. The number of nitrogens with zero attached hydrogens (tertiary/aromatic N) is 2. The Kier molecular flexibility index (Phi) is 5.67. The van der Waals surface area contributed by atoms with Crippen molar-refractivity contribution in [1.82, 2.24) is 10.2 Å². The zero-order chi connectivity index (χ0) is 11.4. The number of halogens is 2. The molecule has 0 amide bonds. The van der Waals surface area contributed by atoms with Gasteiger partial charge in [0, 0.05) is 20.1 Å². The molecule has 0 saturated heterocycles. The van der Waals surface area contributed by atoms with Crippen molar-refractivity contribution in [2.75, 3.05) is 26.7 Å². The summed E-state index contributed by atoms with van der Waals surface area (Å²) >= 11 is 0. The Bertz CT molecular complexity index is 395. The fourth-order valence-electron chi connectivity index (χ4n) is 1.73. The van der Waals surface area contributed by atoms with Crippen molar-refractivity contribution in [1.29, 1.82) is 0 Å². The molecule has 1 N–H and O–H groups in total. The summed E-state index contributed by atoms with van der Waals surface area (Å²) in [4.78, 5) is 6.41. The van der Waals surface area contributed by atoms with Crippen molar-refractivity contribution in [3.8, 4) is 0 Å². The average Bonchev–Trinajstić information content (AvgIpc) is 2.65. The largest absolute Gasteiger partial charge is 0.356 e. The Morgan fingerprint density at radius 2 is 2.29 bits per heavy atom. The van der Waals surface area contributed by atoms with Crippen LogP contribution in [-0.4, -0.2) is 37.5 Å². The van der Waals surface area contributed by atoms with E-state index in [0.29, 0.717) is 0 Å². The van der Waals surface area contributed by atoms with Gasteiger partial charge in [-0.05, 0) is 24.1 Å². The lowest BCUT2D eigenvalue weighted by molar-refractivity contribution is 0.534. The molecule has 0 spiro atoms. The minimum atomic E-state index is -0.173. The van der Waals surface area contributed by atoms with Crippen molar-refractivity contribution in [3.05, 3.63) is 35.6 Å². The molecule has 1 aliphatic rings. The maximum Gasteiger partial charge on any atom is 0.193 e. The van der Waals surface area contributed by atoms with Crippen LogP contribution in [0.1, 0.15) is 5.56 Å². The van der Waals surface area contributed by atoms with Crippen LogP contribution in [0.25, 0.3) is 0 Å². The molecule has 0 unspecified atom stereocenters. The third-order valence-electron chi connectivity index (χ3n) is 2.64. The monoisotopic (exact) mass is 349 g/mol. The molecule has 0 saturated carbocycles. The van der Waals surface area contributed by atoms with Crippen molar-refractivity contribution in [2.45, 2.75) is 6.42 Å². The van der Waals surface area contributed by atoms with Gasteiger partial charge in [-0.1, -0.05) is 12.1 Å². The molecule has 0 aliphatic carbocycles. The normalized spacial score (nSPS) is 14.2. The molecule has 5 heteroatoms. The molecule has 1 aromatic carbocycles. The van der Waals surface area contributed by atoms with Crippen molar-refractivity contribution >= 4 is 29.9 Å². The number of likely N-dealkylation sites (N-methyl/N-ethyl adjacent to an activating group) is 1. The Balaban J connectivity index is 0.00000144. The minimum absolute atomic E-state index is 0. The highest BCUT2D eigenvalue weighted by Gasteiger charge is 2.10. The van der Waals surface area contributed by atoms with Gasteiger partial charge in [-0.3, -0.25) is 4.99 Å². The molecule has 0 bridgehead atoms. The quantitative estimate of drug-likeness (QED) is 0.844. The maximum atomic E-state index is 12.9. The summed E-state index contributed by atoms with van der Waals surface area (Å²) in [7, 11) is 2.01. The number of guanidine groups is 1. The SMILES string of the molecule is CN1CCN=C1NCCc1cccc(F)c1.I.